The summed E-state index contributed by atoms with van der Waals surface area (Å²) >= 11 is 0. The van der Waals surface area contributed by atoms with Crippen molar-refractivity contribution in [2.45, 2.75) is 297 Å². The molecule has 2 aliphatic heterocycles. The summed E-state index contributed by atoms with van der Waals surface area (Å²) in [5.41, 5.74) is 6.52. The van der Waals surface area contributed by atoms with Gasteiger partial charge in [-0.05, 0) is 86.9 Å². The lowest BCUT2D eigenvalue weighted by Gasteiger charge is -2.43. The lowest BCUT2D eigenvalue weighted by atomic mass is 9.68. The van der Waals surface area contributed by atoms with Crippen molar-refractivity contribution in [3.8, 4) is 0 Å². The van der Waals surface area contributed by atoms with E-state index in [4.69, 9.17) is 0 Å². The maximum atomic E-state index is 15.2. The highest BCUT2D eigenvalue weighted by Crippen LogP contribution is 2.53. The van der Waals surface area contributed by atoms with Gasteiger partial charge in [0, 0.05) is 54.1 Å². The van der Waals surface area contributed by atoms with Gasteiger partial charge in [-0.25, -0.2) is 0 Å². The molecule has 1 atom stereocenters. The number of anilines is 2. The summed E-state index contributed by atoms with van der Waals surface area (Å²) in [5, 5.41) is 6.79. The first-order valence-corrected chi connectivity index (χ1v) is 33.4. The number of unbranched alkanes of at least 4 members (excludes halogenated alkanes) is 30. The molecule has 2 aromatic carbocycles. The Balaban J connectivity index is 1.28. The van der Waals surface area contributed by atoms with Crippen LogP contribution in [0.4, 0.5) is 11.4 Å². The fraction of sp³-hybridized carbons (Fsp3) is 0.699. The predicted molar refractivity (Wildman–Crippen MR) is 344 cm³/mol. The molecule has 6 nitrogen and oxygen atoms in total. The third-order valence-corrected chi connectivity index (χ3v) is 19.1. The van der Waals surface area contributed by atoms with Crippen molar-refractivity contribution in [1.29, 1.82) is 0 Å². The second-order valence-electron chi connectivity index (χ2n) is 25.8. The number of amides is 2. The smallest absolute Gasteiger partial charge is 0.236 e. The van der Waals surface area contributed by atoms with Crippen molar-refractivity contribution in [3.05, 3.63) is 107 Å². The minimum Gasteiger partial charge on any atom is -0.362 e. The highest BCUT2D eigenvalue weighted by molar-refractivity contribution is 6.06. The molecule has 0 fully saturated rings. The van der Waals surface area contributed by atoms with Crippen molar-refractivity contribution in [2.24, 2.45) is 5.41 Å². The van der Waals surface area contributed by atoms with Crippen LogP contribution in [0, 0.1) is 5.41 Å². The monoisotopic (exact) mass is 1080 g/mol. The van der Waals surface area contributed by atoms with Crippen LogP contribution in [0.1, 0.15) is 292 Å². The minimum atomic E-state index is -1.28. The second kappa shape index (κ2) is 35.1. The molecule has 79 heavy (non-hydrogen) atoms. The van der Waals surface area contributed by atoms with Gasteiger partial charge in [0.25, 0.3) is 0 Å². The standard InChI is InChI=1S/C73H118N4O2/c1-10-14-16-18-20-22-24-26-28-30-32-34-36-38-40-46-56-74-68(78)73(69(79)75-57-47-41-39-37-35-33-31-29-27-25-23-21-19-17-15-11-2)59-61(52-53-67-70(5,6)63-48-42-44-50-65(63)76(67)12-3)58-62(60-73)54-55-72(9)71(7,8)64-49-43-45-51-66(64)77(72)13-4/h42-45,48-55,58H,10-41,46-47,56-57,59-60H2,1-9H3,(H,74,78)(H,75,79)/b55-54+,61-52-,67-53+. The first kappa shape index (κ1) is 65.7. The number of rotatable bonds is 41. The van der Waals surface area contributed by atoms with Crippen LogP contribution in [0.15, 0.2) is 95.8 Å². The van der Waals surface area contributed by atoms with E-state index in [0.717, 1.165) is 49.9 Å². The fourth-order valence-corrected chi connectivity index (χ4v) is 13.7. The Morgan fingerprint density at radius 1 is 0.481 bits per heavy atom. The molecule has 0 radical (unpaired) electrons. The van der Waals surface area contributed by atoms with Crippen LogP contribution in [0.3, 0.4) is 0 Å². The third kappa shape index (κ3) is 19.0. The van der Waals surface area contributed by atoms with Crippen molar-refractivity contribution in [1.82, 2.24) is 10.6 Å². The molecule has 0 saturated heterocycles. The lowest BCUT2D eigenvalue weighted by Crippen LogP contribution is -2.53. The Hall–Kier alpha value is -4.06. The lowest BCUT2D eigenvalue weighted by molar-refractivity contribution is -0.143. The summed E-state index contributed by atoms with van der Waals surface area (Å²) in [5.74, 6) is -0.261. The number of likely N-dealkylation sites (N-methyl/N-ethyl adjacent to an activating group) is 2. The highest BCUT2D eigenvalue weighted by Gasteiger charge is 2.52. The minimum absolute atomic E-state index is 0.130. The maximum Gasteiger partial charge on any atom is 0.236 e. The van der Waals surface area contributed by atoms with Gasteiger partial charge < -0.3 is 20.4 Å². The molecule has 5 rings (SSSR count). The van der Waals surface area contributed by atoms with Crippen molar-refractivity contribution < 1.29 is 9.59 Å². The van der Waals surface area contributed by atoms with E-state index in [-0.39, 0.29) is 28.2 Å². The number of nitrogens with zero attached hydrogens (tertiary/aromatic N) is 2. The molecule has 2 amide bonds. The Morgan fingerprint density at radius 3 is 1.32 bits per heavy atom. The molecule has 0 aromatic heterocycles. The molecule has 2 heterocycles. The summed E-state index contributed by atoms with van der Waals surface area (Å²) in [4.78, 5) is 35.4. The first-order valence-electron chi connectivity index (χ1n) is 33.4. The largest absolute Gasteiger partial charge is 0.362 e. The van der Waals surface area contributed by atoms with E-state index in [0.29, 0.717) is 25.9 Å². The molecule has 3 aliphatic rings. The van der Waals surface area contributed by atoms with Crippen LogP contribution in [-0.4, -0.2) is 43.5 Å². The maximum absolute atomic E-state index is 15.2. The zero-order chi connectivity index (χ0) is 56.8. The summed E-state index contributed by atoms with van der Waals surface area (Å²) in [6, 6.07) is 17.6. The van der Waals surface area contributed by atoms with Gasteiger partial charge in [-0.2, -0.15) is 0 Å². The van der Waals surface area contributed by atoms with E-state index in [1.165, 1.54) is 208 Å². The quantitative estimate of drug-likeness (QED) is 0.0514. The molecule has 442 valence electrons. The van der Waals surface area contributed by atoms with Crippen LogP contribution in [-0.2, 0) is 20.4 Å². The van der Waals surface area contributed by atoms with Gasteiger partial charge in [0.15, 0.2) is 0 Å². The Kier molecular flexibility index (Phi) is 29.2. The third-order valence-electron chi connectivity index (χ3n) is 19.1. The number of allylic oxidation sites excluding steroid dienone is 7. The van der Waals surface area contributed by atoms with Crippen molar-refractivity contribution in [3.63, 3.8) is 0 Å². The molecular weight excluding hydrogens is 965 g/mol. The SMILES string of the molecule is CCCCCCCCCCCCCCCCCCNC(=O)C1(C(=O)NCCCCCCCCCCCCCCCCCC)CC(/C=C/C2(C)N(CC)c3ccccc3C2(C)C)=CC(=C/C=C2/N(CC)c3ccccc3C2(C)C)/C1. The van der Waals surface area contributed by atoms with Crippen LogP contribution >= 0.6 is 0 Å². The molecule has 2 N–H and O–H groups in total. The molecule has 6 heteroatoms. The van der Waals surface area contributed by atoms with E-state index in [1.54, 1.807) is 0 Å². The molecule has 0 saturated carbocycles. The molecular formula is C73H118N4O2. The van der Waals surface area contributed by atoms with Crippen LogP contribution in [0.5, 0.6) is 0 Å². The van der Waals surface area contributed by atoms with Gasteiger partial charge in [0.2, 0.25) is 11.8 Å². The number of hydrogen-bond acceptors (Lipinski definition) is 4. The van der Waals surface area contributed by atoms with E-state index >= 15 is 9.59 Å². The Morgan fingerprint density at radius 2 is 0.886 bits per heavy atom. The molecule has 0 spiro atoms. The van der Waals surface area contributed by atoms with Gasteiger partial charge in [0.05, 0.1) is 5.54 Å². The number of carbonyl (C=O) groups is 2. The van der Waals surface area contributed by atoms with Crippen molar-refractivity contribution >= 4 is 23.2 Å². The molecule has 1 unspecified atom stereocenters. The van der Waals surface area contributed by atoms with Crippen molar-refractivity contribution in [2.75, 3.05) is 36.0 Å². The first-order chi connectivity index (χ1) is 38.3. The number of carbonyl (C=O) groups excluding carboxylic acids is 2. The van der Waals surface area contributed by atoms with Crippen LogP contribution in [0.2, 0.25) is 0 Å². The second-order valence-corrected chi connectivity index (χ2v) is 25.8. The van der Waals surface area contributed by atoms with Gasteiger partial charge in [-0.3, -0.25) is 9.59 Å². The topological polar surface area (TPSA) is 64.7 Å². The van der Waals surface area contributed by atoms with Gasteiger partial charge in [-0.1, -0.05) is 295 Å². The van der Waals surface area contributed by atoms with Gasteiger partial charge in [0.1, 0.15) is 5.41 Å². The molecule has 1 aliphatic carbocycles. The number of fused-ring (bicyclic) bond motifs is 2. The Labute approximate surface area is 486 Å². The normalized spacial score (nSPS) is 19.1. The van der Waals surface area contributed by atoms with E-state index in [2.05, 4.69) is 162 Å². The summed E-state index contributed by atoms with van der Waals surface area (Å²) in [6.45, 7) is 23.7. The fourth-order valence-electron chi connectivity index (χ4n) is 13.7. The number of benzene rings is 2. The number of para-hydroxylation sites is 2. The van der Waals surface area contributed by atoms with Crippen LogP contribution < -0.4 is 20.4 Å². The predicted octanol–water partition coefficient (Wildman–Crippen LogP) is 20.2. The summed E-state index contributed by atoms with van der Waals surface area (Å²) < 4.78 is 0. The van der Waals surface area contributed by atoms with Gasteiger partial charge in [-0.15, -0.1) is 0 Å². The molecule has 0 bridgehead atoms. The summed E-state index contributed by atoms with van der Waals surface area (Å²) in [6.07, 6.45) is 54.2. The Bertz CT molecular complexity index is 2160. The van der Waals surface area contributed by atoms with E-state index in [1.807, 2.05) is 0 Å². The highest BCUT2D eigenvalue weighted by atomic mass is 16.2. The van der Waals surface area contributed by atoms with Gasteiger partial charge >= 0.3 is 0 Å². The van der Waals surface area contributed by atoms with E-state index < -0.39 is 5.41 Å². The average molecular weight is 1080 g/mol. The molecule has 2 aromatic rings. The summed E-state index contributed by atoms with van der Waals surface area (Å²) in [7, 11) is 0. The number of hydrogen-bond donors (Lipinski definition) is 2. The zero-order valence-electron chi connectivity index (χ0n) is 52.6. The average Bonchev–Trinajstić information content (AvgIpc) is 3.96. The zero-order valence-corrected chi connectivity index (χ0v) is 52.6. The van der Waals surface area contributed by atoms with Crippen LogP contribution in [0.25, 0.3) is 0 Å². The van der Waals surface area contributed by atoms with E-state index in [9.17, 15) is 0 Å². The number of nitrogens with one attached hydrogen (secondary N) is 2.